The first-order valence-electron chi connectivity index (χ1n) is 8.54. The van der Waals surface area contributed by atoms with Crippen molar-refractivity contribution in [1.29, 1.82) is 0 Å². The maximum Gasteiger partial charge on any atom is 0.257 e. The number of anilines is 1. The Morgan fingerprint density at radius 1 is 1.21 bits per heavy atom. The van der Waals surface area contributed by atoms with Crippen molar-refractivity contribution in [2.75, 3.05) is 18.0 Å². The molecule has 0 N–H and O–H groups in total. The molecule has 24 heavy (non-hydrogen) atoms. The highest BCUT2D eigenvalue weighted by Gasteiger charge is 2.37. The van der Waals surface area contributed by atoms with Gasteiger partial charge >= 0.3 is 0 Å². The number of aryl methyl sites for hydroxylation is 1. The van der Waals surface area contributed by atoms with Crippen molar-refractivity contribution in [3.63, 3.8) is 0 Å². The third-order valence-electron chi connectivity index (χ3n) is 4.87. The summed E-state index contributed by atoms with van der Waals surface area (Å²) >= 11 is 0. The second kappa shape index (κ2) is 6.22. The monoisotopic (exact) mass is 326 g/mol. The van der Waals surface area contributed by atoms with Gasteiger partial charge in [-0.05, 0) is 31.7 Å². The van der Waals surface area contributed by atoms with Crippen molar-refractivity contribution in [2.24, 2.45) is 7.05 Å². The standard InChI is InChI=1S/C17H22N6O/c1-21-11-13(10-20-21)17(24)22-8-5-15(6-9-22)23(14-2-3-14)16-4-7-18-12-19-16/h4,7,10-12,14-15H,2-3,5-6,8-9H2,1H3. The van der Waals surface area contributed by atoms with Crippen LogP contribution in [0, 0.1) is 0 Å². The summed E-state index contributed by atoms with van der Waals surface area (Å²) in [5.74, 6) is 1.10. The van der Waals surface area contributed by atoms with Crippen molar-refractivity contribution in [2.45, 2.75) is 37.8 Å². The van der Waals surface area contributed by atoms with E-state index in [0.29, 0.717) is 17.6 Å². The lowest BCUT2D eigenvalue weighted by Crippen LogP contribution is -2.48. The van der Waals surface area contributed by atoms with Crippen molar-refractivity contribution in [1.82, 2.24) is 24.6 Å². The highest BCUT2D eigenvalue weighted by molar-refractivity contribution is 5.93. The summed E-state index contributed by atoms with van der Waals surface area (Å²) in [6, 6.07) is 3.04. The van der Waals surface area contributed by atoms with E-state index in [4.69, 9.17) is 0 Å². The molecule has 0 atom stereocenters. The zero-order valence-electron chi connectivity index (χ0n) is 13.9. The highest BCUT2D eigenvalue weighted by atomic mass is 16.2. The van der Waals surface area contributed by atoms with Gasteiger partial charge in [0.05, 0.1) is 11.8 Å². The van der Waals surface area contributed by atoms with Gasteiger partial charge < -0.3 is 9.80 Å². The first-order chi connectivity index (χ1) is 11.7. The van der Waals surface area contributed by atoms with Gasteiger partial charge in [0.2, 0.25) is 0 Å². The Labute approximate surface area is 141 Å². The maximum absolute atomic E-state index is 12.5. The molecule has 2 aliphatic rings. The van der Waals surface area contributed by atoms with Crippen molar-refractivity contribution in [3.05, 3.63) is 36.5 Å². The van der Waals surface area contributed by atoms with Crippen LogP contribution in [0.2, 0.25) is 0 Å². The molecule has 1 aliphatic carbocycles. The fourth-order valence-corrected chi connectivity index (χ4v) is 3.52. The second-order valence-electron chi connectivity index (χ2n) is 6.63. The van der Waals surface area contributed by atoms with Crippen LogP contribution in [-0.2, 0) is 7.05 Å². The lowest BCUT2D eigenvalue weighted by atomic mass is 10.0. The Balaban J connectivity index is 1.42. The van der Waals surface area contributed by atoms with Gasteiger partial charge in [-0.25, -0.2) is 9.97 Å². The molecule has 7 nitrogen and oxygen atoms in total. The molecule has 0 radical (unpaired) electrons. The molecule has 0 spiro atoms. The quantitative estimate of drug-likeness (QED) is 0.851. The lowest BCUT2D eigenvalue weighted by Gasteiger charge is -2.39. The number of amides is 1. The van der Waals surface area contributed by atoms with Gasteiger partial charge in [0, 0.05) is 44.6 Å². The van der Waals surface area contributed by atoms with E-state index in [0.717, 1.165) is 31.7 Å². The van der Waals surface area contributed by atoms with Crippen LogP contribution < -0.4 is 4.90 Å². The summed E-state index contributed by atoms with van der Waals surface area (Å²) in [5, 5.41) is 4.09. The number of nitrogens with zero attached hydrogens (tertiary/aromatic N) is 6. The Kier molecular flexibility index (Phi) is 3.92. The predicted molar refractivity (Wildman–Crippen MR) is 89.7 cm³/mol. The topological polar surface area (TPSA) is 67.2 Å². The van der Waals surface area contributed by atoms with Gasteiger partial charge in [0.1, 0.15) is 12.1 Å². The minimum absolute atomic E-state index is 0.0848. The maximum atomic E-state index is 12.5. The molecule has 1 saturated carbocycles. The van der Waals surface area contributed by atoms with Gasteiger partial charge in [-0.3, -0.25) is 9.48 Å². The van der Waals surface area contributed by atoms with E-state index in [1.807, 2.05) is 18.0 Å². The van der Waals surface area contributed by atoms with Gasteiger partial charge in [0.25, 0.3) is 5.91 Å². The van der Waals surface area contributed by atoms with E-state index in [1.165, 1.54) is 12.8 Å². The molecule has 2 aromatic rings. The van der Waals surface area contributed by atoms with Crippen LogP contribution in [-0.4, -0.2) is 55.7 Å². The van der Waals surface area contributed by atoms with Crippen LogP contribution in [0.4, 0.5) is 5.82 Å². The molecule has 126 valence electrons. The Morgan fingerprint density at radius 2 is 1.96 bits per heavy atom. The van der Waals surface area contributed by atoms with Crippen LogP contribution >= 0.6 is 0 Å². The van der Waals surface area contributed by atoms with Gasteiger partial charge in [-0.2, -0.15) is 5.10 Å². The number of carbonyl (C=O) groups is 1. The minimum atomic E-state index is 0.0848. The molecular weight excluding hydrogens is 304 g/mol. The Hall–Kier alpha value is -2.44. The predicted octanol–water partition coefficient (Wildman–Crippen LogP) is 1.48. The SMILES string of the molecule is Cn1cc(C(=O)N2CCC(N(c3ccncn3)C3CC3)CC2)cn1. The number of carbonyl (C=O) groups excluding carboxylic acids is 1. The average molecular weight is 326 g/mol. The summed E-state index contributed by atoms with van der Waals surface area (Å²) in [7, 11) is 1.83. The lowest BCUT2D eigenvalue weighted by molar-refractivity contribution is 0.0711. The fraction of sp³-hybridized carbons (Fsp3) is 0.529. The molecule has 2 fully saturated rings. The molecule has 4 rings (SSSR count). The molecule has 2 aromatic heterocycles. The van der Waals surface area contributed by atoms with Crippen molar-refractivity contribution < 1.29 is 4.79 Å². The van der Waals surface area contributed by atoms with Crippen LogP contribution in [0.3, 0.4) is 0 Å². The van der Waals surface area contributed by atoms with Crippen molar-refractivity contribution in [3.8, 4) is 0 Å². The van der Waals surface area contributed by atoms with Crippen LogP contribution in [0.1, 0.15) is 36.0 Å². The highest BCUT2D eigenvalue weighted by Crippen LogP contribution is 2.35. The molecule has 7 heteroatoms. The third-order valence-corrected chi connectivity index (χ3v) is 4.87. The van der Waals surface area contributed by atoms with Crippen LogP contribution in [0.25, 0.3) is 0 Å². The largest absolute Gasteiger partial charge is 0.350 e. The number of rotatable bonds is 4. The number of aromatic nitrogens is 4. The molecular formula is C17H22N6O. The zero-order valence-corrected chi connectivity index (χ0v) is 13.9. The summed E-state index contributed by atoms with van der Waals surface area (Å²) in [4.78, 5) is 25.4. The van der Waals surface area contributed by atoms with E-state index in [1.54, 1.807) is 29.6 Å². The van der Waals surface area contributed by atoms with Gasteiger partial charge in [-0.1, -0.05) is 0 Å². The number of likely N-dealkylation sites (tertiary alicyclic amines) is 1. The molecule has 0 unspecified atom stereocenters. The molecule has 1 saturated heterocycles. The molecule has 0 bridgehead atoms. The molecule has 3 heterocycles. The van der Waals surface area contributed by atoms with E-state index < -0.39 is 0 Å². The van der Waals surface area contributed by atoms with E-state index in [2.05, 4.69) is 20.0 Å². The number of hydrogen-bond donors (Lipinski definition) is 0. The number of hydrogen-bond acceptors (Lipinski definition) is 5. The van der Waals surface area contributed by atoms with E-state index >= 15 is 0 Å². The smallest absolute Gasteiger partial charge is 0.257 e. The normalized spacial score (nSPS) is 18.6. The Bertz CT molecular complexity index is 703. The fourth-order valence-electron chi connectivity index (χ4n) is 3.52. The molecule has 1 amide bonds. The summed E-state index contributed by atoms with van der Waals surface area (Å²) in [6.45, 7) is 1.57. The molecule has 1 aliphatic heterocycles. The zero-order chi connectivity index (χ0) is 16.5. The van der Waals surface area contributed by atoms with Crippen LogP contribution in [0.15, 0.2) is 31.0 Å². The average Bonchev–Trinajstić information content (AvgIpc) is 3.36. The van der Waals surface area contributed by atoms with Crippen LogP contribution in [0.5, 0.6) is 0 Å². The summed E-state index contributed by atoms with van der Waals surface area (Å²) < 4.78 is 1.67. The first kappa shape index (κ1) is 15.1. The van der Waals surface area contributed by atoms with E-state index in [9.17, 15) is 4.79 Å². The first-order valence-corrected chi connectivity index (χ1v) is 8.54. The number of piperidine rings is 1. The van der Waals surface area contributed by atoms with Gasteiger partial charge in [0.15, 0.2) is 0 Å². The third kappa shape index (κ3) is 2.98. The molecule has 0 aromatic carbocycles. The second-order valence-corrected chi connectivity index (χ2v) is 6.63. The summed E-state index contributed by atoms with van der Waals surface area (Å²) in [6.07, 6.45) is 11.3. The Morgan fingerprint density at radius 3 is 2.54 bits per heavy atom. The van der Waals surface area contributed by atoms with Crippen molar-refractivity contribution >= 4 is 11.7 Å². The minimum Gasteiger partial charge on any atom is -0.350 e. The van der Waals surface area contributed by atoms with Gasteiger partial charge in [-0.15, -0.1) is 0 Å². The summed E-state index contributed by atoms with van der Waals surface area (Å²) in [5.41, 5.74) is 0.672. The van der Waals surface area contributed by atoms with E-state index in [-0.39, 0.29) is 5.91 Å².